The molecule has 0 bridgehead atoms. The molecule has 27 heavy (non-hydrogen) atoms. The normalized spacial score (nSPS) is 13.1. The van der Waals surface area contributed by atoms with Crippen molar-refractivity contribution in [3.63, 3.8) is 0 Å². The lowest BCUT2D eigenvalue weighted by atomic mass is 10.1. The van der Waals surface area contributed by atoms with E-state index in [0.717, 1.165) is 61.2 Å². The Morgan fingerprint density at radius 1 is 1.15 bits per heavy atom. The van der Waals surface area contributed by atoms with Crippen LogP contribution in [0.1, 0.15) is 70.5 Å². The highest BCUT2D eigenvalue weighted by Crippen LogP contribution is 2.24. The summed E-state index contributed by atoms with van der Waals surface area (Å²) in [7, 11) is 0. The summed E-state index contributed by atoms with van der Waals surface area (Å²) < 4.78 is 1.92. The van der Waals surface area contributed by atoms with Gasteiger partial charge in [0.2, 0.25) is 0 Å². The number of anilines is 1. The van der Waals surface area contributed by atoms with Crippen LogP contribution in [0.15, 0.2) is 18.2 Å². The average Bonchev–Trinajstić information content (AvgIpc) is 3.05. The largest absolute Gasteiger partial charge is 0.351 e. The first-order valence-corrected chi connectivity index (χ1v) is 9.78. The van der Waals surface area contributed by atoms with Crippen LogP contribution in [0.3, 0.4) is 0 Å². The number of imidazole rings is 1. The second-order valence-electron chi connectivity index (χ2n) is 7.17. The second kappa shape index (κ2) is 8.37. The van der Waals surface area contributed by atoms with E-state index in [-0.39, 0.29) is 11.8 Å². The second-order valence-corrected chi connectivity index (χ2v) is 7.17. The fourth-order valence-corrected chi connectivity index (χ4v) is 3.54. The lowest BCUT2D eigenvalue weighted by Gasteiger charge is -2.17. The molecule has 1 aliphatic heterocycles. The summed E-state index contributed by atoms with van der Waals surface area (Å²) in [6, 6.07) is 5.91. The van der Waals surface area contributed by atoms with E-state index in [4.69, 9.17) is 0 Å². The molecule has 0 fully saturated rings. The molecule has 0 aliphatic carbocycles. The number of hydrogen-bond donors (Lipinski definition) is 2. The number of rotatable bonds is 6. The topological polar surface area (TPSA) is 76.0 Å². The van der Waals surface area contributed by atoms with E-state index in [1.807, 2.05) is 36.6 Å². The Balaban J connectivity index is 1.89. The van der Waals surface area contributed by atoms with E-state index in [0.29, 0.717) is 18.1 Å². The van der Waals surface area contributed by atoms with Gasteiger partial charge in [-0.15, -0.1) is 0 Å². The molecule has 2 heterocycles. The number of aromatic nitrogens is 2. The molecule has 6 nitrogen and oxygen atoms in total. The van der Waals surface area contributed by atoms with Gasteiger partial charge < -0.3 is 15.2 Å². The van der Waals surface area contributed by atoms with Crippen LogP contribution in [-0.4, -0.2) is 27.9 Å². The van der Waals surface area contributed by atoms with Gasteiger partial charge in [-0.25, -0.2) is 4.98 Å². The Labute approximate surface area is 160 Å². The number of carbonyl (C=O) groups is 2. The third-order valence-corrected chi connectivity index (χ3v) is 5.07. The number of hydrogen-bond acceptors (Lipinski definition) is 3. The van der Waals surface area contributed by atoms with Gasteiger partial charge in [0.25, 0.3) is 11.8 Å². The summed E-state index contributed by atoms with van der Waals surface area (Å²) in [6.07, 6.45) is 4.73. The number of nitrogens with zero attached hydrogens (tertiary/aromatic N) is 2. The molecule has 0 unspecified atom stereocenters. The molecule has 1 aromatic heterocycles. The number of para-hydroxylation sites is 1. The molecule has 0 radical (unpaired) electrons. The minimum atomic E-state index is -0.261. The Kier molecular flexibility index (Phi) is 5.94. The van der Waals surface area contributed by atoms with Gasteiger partial charge in [-0.1, -0.05) is 31.5 Å². The van der Waals surface area contributed by atoms with Crippen molar-refractivity contribution < 1.29 is 9.59 Å². The van der Waals surface area contributed by atoms with Crippen molar-refractivity contribution in [3.05, 3.63) is 46.5 Å². The standard InChI is InChI=1S/C21H28N4O2/c1-4-5-12-22-20(26)18-16-11-6-7-13-25(16)19(23-18)21(27)24-17-14(2)9-8-10-15(17)3/h8-10H,4-7,11-13H2,1-3H3,(H,22,26)(H,24,27). The van der Waals surface area contributed by atoms with Gasteiger partial charge in [0.1, 0.15) is 5.69 Å². The molecule has 1 aliphatic rings. The van der Waals surface area contributed by atoms with Crippen LogP contribution in [0, 0.1) is 13.8 Å². The lowest BCUT2D eigenvalue weighted by molar-refractivity contribution is 0.0947. The number of benzene rings is 1. The van der Waals surface area contributed by atoms with Crippen molar-refractivity contribution in [3.8, 4) is 0 Å². The summed E-state index contributed by atoms with van der Waals surface area (Å²) in [5.74, 6) is -0.114. The summed E-state index contributed by atoms with van der Waals surface area (Å²) >= 11 is 0. The fraction of sp³-hybridized carbons (Fsp3) is 0.476. The highest BCUT2D eigenvalue weighted by Gasteiger charge is 2.27. The maximum Gasteiger partial charge on any atom is 0.291 e. The third-order valence-electron chi connectivity index (χ3n) is 5.07. The Hall–Kier alpha value is -2.63. The van der Waals surface area contributed by atoms with Crippen molar-refractivity contribution in [2.45, 2.75) is 59.4 Å². The Morgan fingerprint density at radius 2 is 1.89 bits per heavy atom. The minimum Gasteiger partial charge on any atom is -0.351 e. The van der Waals surface area contributed by atoms with Gasteiger partial charge in [-0.3, -0.25) is 9.59 Å². The SMILES string of the molecule is CCCCNC(=O)c1nc(C(=O)Nc2c(C)cccc2C)n2c1CCCC2. The zero-order chi connectivity index (χ0) is 19.4. The van der Waals surface area contributed by atoms with E-state index < -0.39 is 0 Å². The number of unbranched alkanes of at least 4 members (excludes halogenated alkanes) is 1. The molecule has 0 spiro atoms. The highest BCUT2D eigenvalue weighted by molar-refractivity contribution is 6.04. The van der Waals surface area contributed by atoms with Crippen LogP contribution in [0.5, 0.6) is 0 Å². The molecular formula is C21H28N4O2. The number of aryl methyl sites for hydroxylation is 2. The first kappa shape index (κ1) is 19.1. The van der Waals surface area contributed by atoms with Crippen molar-refractivity contribution in [2.75, 3.05) is 11.9 Å². The van der Waals surface area contributed by atoms with Gasteiger partial charge >= 0.3 is 0 Å². The third kappa shape index (κ3) is 4.04. The number of nitrogens with one attached hydrogen (secondary N) is 2. The zero-order valence-electron chi connectivity index (χ0n) is 16.4. The van der Waals surface area contributed by atoms with Gasteiger partial charge in [-0.2, -0.15) is 0 Å². The molecule has 144 valence electrons. The average molecular weight is 368 g/mol. The van der Waals surface area contributed by atoms with Crippen LogP contribution >= 0.6 is 0 Å². The predicted octanol–water partition coefficient (Wildman–Crippen LogP) is 3.62. The van der Waals surface area contributed by atoms with Gasteiger partial charge in [0.15, 0.2) is 5.82 Å². The smallest absolute Gasteiger partial charge is 0.291 e. The maximum atomic E-state index is 13.0. The fourth-order valence-electron chi connectivity index (χ4n) is 3.54. The summed E-state index contributed by atoms with van der Waals surface area (Å²) in [4.78, 5) is 30.0. The number of fused-ring (bicyclic) bond motifs is 1. The van der Waals surface area contributed by atoms with Crippen LogP contribution < -0.4 is 10.6 Å². The molecule has 0 saturated carbocycles. The van der Waals surface area contributed by atoms with E-state index in [1.165, 1.54) is 0 Å². The van der Waals surface area contributed by atoms with Crippen LogP contribution in [0.4, 0.5) is 5.69 Å². The zero-order valence-corrected chi connectivity index (χ0v) is 16.4. The quantitative estimate of drug-likeness (QED) is 0.765. The van der Waals surface area contributed by atoms with Crippen molar-refractivity contribution in [1.82, 2.24) is 14.9 Å². The van der Waals surface area contributed by atoms with Crippen molar-refractivity contribution in [1.29, 1.82) is 0 Å². The molecule has 0 atom stereocenters. The summed E-state index contributed by atoms with van der Waals surface area (Å²) in [5, 5.41) is 5.92. The molecule has 1 aromatic carbocycles. The number of carbonyl (C=O) groups excluding carboxylic acids is 2. The molecule has 2 N–H and O–H groups in total. The van der Waals surface area contributed by atoms with E-state index in [2.05, 4.69) is 22.5 Å². The number of amides is 2. The molecule has 2 aromatic rings. The van der Waals surface area contributed by atoms with Gasteiger partial charge in [0.05, 0.1) is 5.69 Å². The van der Waals surface area contributed by atoms with Crippen molar-refractivity contribution in [2.24, 2.45) is 0 Å². The summed E-state index contributed by atoms with van der Waals surface area (Å²) in [6.45, 7) is 7.37. The Morgan fingerprint density at radius 3 is 2.59 bits per heavy atom. The van der Waals surface area contributed by atoms with Crippen LogP contribution in [0.25, 0.3) is 0 Å². The van der Waals surface area contributed by atoms with E-state index in [1.54, 1.807) is 0 Å². The van der Waals surface area contributed by atoms with E-state index >= 15 is 0 Å². The molecule has 0 saturated heterocycles. The molecule has 2 amide bonds. The summed E-state index contributed by atoms with van der Waals surface area (Å²) in [5.41, 5.74) is 4.10. The van der Waals surface area contributed by atoms with Crippen LogP contribution in [0.2, 0.25) is 0 Å². The van der Waals surface area contributed by atoms with Gasteiger partial charge in [0, 0.05) is 18.8 Å². The highest BCUT2D eigenvalue weighted by atomic mass is 16.2. The Bertz CT molecular complexity index is 834. The van der Waals surface area contributed by atoms with Gasteiger partial charge in [-0.05, 0) is 50.7 Å². The first-order chi connectivity index (χ1) is 13.0. The predicted molar refractivity (Wildman–Crippen MR) is 106 cm³/mol. The molecule has 3 rings (SSSR count). The van der Waals surface area contributed by atoms with E-state index in [9.17, 15) is 9.59 Å². The first-order valence-electron chi connectivity index (χ1n) is 9.78. The molecular weight excluding hydrogens is 340 g/mol. The monoisotopic (exact) mass is 368 g/mol. The molecule has 6 heteroatoms. The van der Waals surface area contributed by atoms with Crippen molar-refractivity contribution >= 4 is 17.5 Å². The maximum absolute atomic E-state index is 13.0. The van der Waals surface area contributed by atoms with Crippen LogP contribution in [-0.2, 0) is 13.0 Å². The minimum absolute atomic E-state index is 0.180. The lowest BCUT2D eigenvalue weighted by Crippen LogP contribution is -2.26.